The number of ether oxygens (including phenoxy) is 2. The van der Waals surface area contributed by atoms with Crippen LogP contribution in [0.15, 0.2) is 0 Å². The molecule has 4 atom stereocenters. The highest BCUT2D eigenvalue weighted by Crippen LogP contribution is 2.37. The fourth-order valence-electron chi connectivity index (χ4n) is 2.29. The summed E-state index contributed by atoms with van der Waals surface area (Å²) >= 11 is 0. The van der Waals surface area contributed by atoms with Crippen molar-refractivity contribution < 1.29 is 9.47 Å². The summed E-state index contributed by atoms with van der Waals surface area (Å²) in [5.41, 5.74) is 0. The third-order valence-corrected chi connectivity index (χ3v) is 3.20. The molecular weight excluding hydrogens is 152 g/mol. The molecule has 0 aromatic carbocycles. The van der Waals surface area contributed by atoms with Gasteiger partial charge >= 0.3 is 0 Å². The summed E-state index contributed by atoms with van der Waals surface area (Å²) in [4.78, 5) is 0. The summed E-state index contributed by atoms with van der Waals surface area (Å²) in [6.45, 7) is 8.51. The fraction of sp³-hybridized carbons (Fsp3) is 1.00. The van der Waals surface area contributed by atoms with Gasteiger partial charge < -0.3 is 9.47 Å². The van der Waals surface area contributed by atoms with Crippen molar-refractivity contribution >= 4 is 0 Å². The van der Waals surface area contributed by atoms with Crippen molar-refractivity contribution in [2.24, 2.45) is 17.8 Å². The van der Waals surface area contributed by atoms with Crippen molar-refractivity contribution in [2.75, 3.05) is 13.2 Å². The minimum atomic E-state index is 0.386. The first-order valence-corrected chi connectivity index (χ1v) is 4.93. The minimum Gasteiger partial charge on any atom is -0.375 e. The first kappa shape index (κ1) is 8.52. The lowest BCUT2D eigenvalue weighted by molar-refractivity contribution is 0.0549. The van der Waals surface area contributed by atoms with Crippen LogP contribution in [0.4, 0.5) is 0 Å². The van der Waals surface area contributed by atoms with E-state index in [0.29, 0.717) is 30.0 Å². The molecule has 0 bridgehead atoms. The quantitative estimate of drug-likeness (QED) is 0.596. The molecule has 0 spiro atoms. The van der Waals surface area contributed by atoms with E-state index in [1.165, 1.54) is 0 Å². The van der Waals surface area contributed by atoms with Crippen LogP contribution in [0, 0.1) is 17.8 Å². The first-order valence-electron chi connectivity index (χ1n) is 4.93. The summed E-state index contributed by atoms with van der Waals surface area (Å²) in [5, 5.41) is 0. The van der Waals surface area contributed by atoms with Gasteiger partial charge in [-0.1, -0.05) is 20.8 Å². The van der Waals surface area contributed by atoms with Crippen molar-refractivity contribution in [3.05, 3.63) is 0 Å². The molecule has 0 aliphatic carbocycles. The number of hydrogen-bond donors (Lipinski definition) is 0. The normalized spacial score (nSPS) is 47.0. The molecule has 0 aromatic rings. The van der Waals surface area contributed by atoms with Gasteiger partial charge in [0.15, 0.2) is 0 Å². The third kappa shape index (κ3) is 1.17. The highest BCUT2D eigenvalue weighted by molar-refractivity contribution is 4.93. The average molecular weight is 170 g/mol. The number of hydrogen-bond acceptors (Lipinski definition) is 2. The maximum atomic E-state index is 5.74. The zero-order chi connectivity index (χ0) is 8.72. The molecule has 12 heavy (non-hydrogen) atoms. The lowest BCUT2D eigenvalue weighted by atomic mass is 9.89. The van der Waals surface area contributed by atoms with E-state index in [1.54, 1.807) is 0 Å². The SMILES string of the molecule is CC(C)[C@H]1CO[C@H]2[C@@H]1OC[C@H]2C. The molecule has 0 aromatic heterocycles. The van der Waals surface area contributed by atoms with Gasteiger partial charge in [-0.2, -0.15) is 0 Å². The van der Waals surface area contributed by atoms with Crippen LogP contribution in [-0.2, 0) is 9.47 Å². The molecule has 2 heterocycles. The maximum Gasteiger partial charge on any atom is 0.0892 e. The van der Waals surface area contributed by atoms with Gasteiger partial charge in [-0.25, -0.2) is 0 Å². The van der Waals surface area contributed by atoms with Crippen LogP contribution in [0.25, 0.3) is 0 Å². The predicted molar refractivity (Wildman–Crippen MR) is 47.0 cm³/mol. The van der Waals surface area contributed by atoms with Gasteiger partial charge in [0.1, 0.15) is 0 Å². The minimum absolute atomic E-state index is 0.386. The monoisotopic (exact) mass is 170 g/mol. The highest BCUT2D eigenvalue weighted by atomic mass is 16.6. The van der Waals surface area contributed by atoms with E-state index >= 15 is 0 Å². The van der Waals surface area contributed by atoms with Crippen LogP contribution in [0.5, 0.6) is 0 Å². The van der Waals surface area contributed by atoms with Crippen LogP contribution >= 0.6 is 0 Å². The number of rotatable bonds is 1. The predicted octanol–water partition coefficient (Wildman–Crippen LogP) is 1.69. The Kier molecular flexibility index (Phi) is 2.13. The zero-order valence-corrected chi connectivity index (χ0v) is 8.12. The van der Waals surface area contributed by atoms with Gasteiger partial charge in [0, 0.05) is 11.8 Å². The summed E-state index contributed by atoms with van der Waals surface area (Å²) in [7, 11) is 0. The van der Waals surface area contributed by atoms with E-state index in [4.69, 9.17) is 9.47 Å². The van der Waals surface area contributed by atoms with Crippen molar-refractivity contribution in [1.82, 2.24) is 0 Å². The van der Waals surface area contributed by atoms with Gasteiger partial charge in [0.05, 0.1) is 25.4 Å². The molecule has 2 saturated heterocycles. The summed E-state index contributed by atoms with van der Waals surface area (Å²) in [6, 6.07) is 0. The fourth-order valence-corrected chi connectivity index (χ4v) is 2.29. The van der Waals surface area contributed by atoms with E-state index in [0.717, 1.165) is 13.2 Å². The number of fused-ring (bicyclic) bond motifs is 1. The largest absolute Gasteiger partial charge is 0.375 e. The van der Waals surface area contributed by atoms with Crippen molar-refractivity contribution in [3.63, 3.8) is 0 Å². The Morgan fingerprint density at radius 2 is 1.75 bits per heavy atom. The Hall–Kier alpha value is -0.0800. The van der Waals surface area contributed by atoms with E-state index in [-0.39, 0.29) is 0 Å². The molecule has 2 nitrogen and oxygen atoms in total. The average Bonchev–Trinajstić information content (AvgIpc) is 2.53. The lowest BCUT2D eigenvalue weighted by Gasteiger charge is -2.19. The Balaban J connectivity index is 2.05. The summed E-state index contributed by atoms with van der Waals surface area (Å²) < 4.78 is 11.5. The molecule has 2 aliphatic heterocycles. The lowest BCUT2D eigenvalue weighted by Crippen LogP contribution is -2.27. The second-order valence-corrected chi connectivity index (χ2v) is 4.48. The Morgan fingerprint density at radius 3 is 2.42 bits per heavy atom. The standard InChI is InChI=1S/C10H18O2/c1-6(2)8-5-12-9-7(3)4-11-10(8)9/h6-10H,4-5H2,1-3H3/t7-,8-,9-,10-/m1/s1. The van der Waals surface area contributed by atoms with Gasteiger partial charge in [-0.05, 0) is 5.92 Å². The Bertz CT molecular complexity index is 167. The molecular formula is C10H18O2. The Labute approximate surface area is 74.2 Å². The van der Waals surface area contributed by atoms with E-state index < -0.39 is 0 Å². The molecule has 0 radical (unpaired) electrons. The molecule has 2 rings (SSSR count). The molecule has 2 aliphatic rings. The molecule has 0 amide bonds. The molecule has 70 valence electrons. The maximum absolute atomic E-state index is 5.74. The van der Waals surface area contributed by atoms with Crippen molar-refractivity contribution in [1.29, 1.82) is 0 Å². The molecule has 0 saturated carbocycles. The van der Waals surface area contributed by atoms with Gasteiger partial charge in [0.25, 0.3) is 0 Å². The second kappa shape index (κ2) is 3.00. The van der Waals surface area contributed by atoms with Gasteiger partial charge in [0.2, 0.25) is 0 Å². The first-order chi connectivity index (χ1) is 5.70. The summed E-state index contributed by atoms with van der Waals surface area (Å²) in [6.07, 6.45) is 0.775. The van der Waals surface area contributed by atoms with E-state index in [1.807, 2.05) is 0 Å². The molecule has 0 N–H and O–H groups in total. The third-order valence-electron chi connectivity index (χ3n) is 3.20. The topological polar surface area (TPSA) is 18.5 Å². The zero-order valence-electron chi connectivity index (χ0n) is 8.12. The van der Waals surface area contributed by atoms with E-state index in [9.17, 15) is 0 Å². The molecule has 0 unspecified atom stereocenters. The van der Waals surface area contributed by atoms with Crippen LogP contribution in [0.1, 0.15) is 20.8 Å². The highest BCUT2D eigenvalue weighted by Gasteiger charge is 2.46. The van der Waals surface area contributed by atoms with Crippen LogP contribution in [-0.4, -0.2) is 25.4 Å². The van der Waals surface area contributed by atoms with Gasteiger partial charge in [-0.3, -0.25) is 0 Å². The van der Waals surface area contributed by atoms with Crippen LogP contribution in [0.3, 0.4) is 0 Å². The van der Waals surface area contributed by atoms with E-state index in [2.05, 4.69) is 20.8 Å². The van der Waals surface area contributed by atoms with Gasteiger partial charge in [-0.15, -0.1) is 0 Å². The Morgan fingerprint density at radius 1 is 1.08 bits per heavy atom. The molecule has 2 fully saturated rings. The second-order valence-electron chi connectivity index (χ2n) is 4.48. The molecule has 2 heteroatoms. The smallest absolute Gasteiger partial charge is 0.0892 e. The van der Waals surface area contributed by atoms with Crippen molar-refractivity contribution in [2.45, 2.75) is 33.0 Å². The summed E-state index contributed by atoms with van der Waals surface area (Å²) in [5.74, 6) is 1.91. The van der Waals surface area contributed by atoms with Crippen LogP contribution in [0.2, 0.25) is 0 Å². The van der Waals surface area contributed by atoms with Crippen LogP contribution < -0.4 is 0 Å². The van der Waals surface area contributed by atoms with Crippen molar-refractivity contribution in [3.8, 4) is 0 Å².